The van der Waals surface area contributed by atoms with E-state index in [1.54, 1.807) is 19.1 Å². The zero-order valence-corrected chi connectivity index (χ0v) is 11.3. The Kier molecular flexibility index (Phi) is 5.16. The average molecular weight is 271 g/mol. The summed E-state index contributed by atoms with van der Waals surface area (Å²) in [6.07, 6.45) is -0.111. The Bertz CT molecular complexity index is 454. The number of hydrogen-bond acceptors (Lipinski definition) is 4. The molecule has 0 aliphatic carbocycles. The highest BCUT2D eigenvalue weighted by molar-refractivity contribution is 6.42. The first kappa shape index (κ1) is 14.5. The fourth-order valence-corrected chi connectivity index (χ4v) is 1.52. The molecule has 18 heavy (non-hydrogen) atoms. The molecule has 0 aliphatic heterocycles. The fraction of sp³-hybridized carbons (Fsp3) is 0.385. The lowest BCUT2D eigenvalue weighted by Crippen LogP contribution is -2.19. The van der Waals surface area contributed by atoms with E-state index in [0.717, 1.165) is 0 Å². The number of benzene rings is 1. The molecule has 0 spiro atoms. The maximum absolute atomic E-state index is 11.9. The molecule has 1 rings (SSSR count). The summed E-state index contributed by atoms with van der Waals surface area (Å²) in [7, 11) is 0. The number of carbonyl (C=O) groups is 2. The largest absolute Gasteiger partial charge is 0.490 e. The first-order valence-corrected chi connectivity index (χ1v) is 6.01. The van der Waals surface area contributed by atoms with E-state index in [1.165, 1.54) is 6.07 Å². The van der Waals surface area contributed by atoms with Crippen LogP contribution in [0.25, 0.3) is 0 Å². The Morgan fingerprint density at radius 3 is 2.56 bits per heavy atom. The van der Waals surface area contributed by atoms with Gasteiger partial charge in [0.15, 0.2) is 0 Å². The highest BCUT2D eigenvalue weighted by Gasteiger charge is 2.22. The van der Waals surface area contributed by atoms with E-state index >= 15 is 0 Å². The van der Waals surface area contributed by atoms with Crippen molar-refractivity contribution in [2.45, 2.75) is 26.9 Å². The van der Waals surface area contributed by atoms with Gasteiger partial charge in [0, 0.05) is 5.02 Å². The summed E-state index contributed by atoms with van der Waals surface area (Å²) < 4.78 is 10.1. The van der Waals surface area contributed by atoms with Crippen molar-refractivity contribution in [2.75, 3.05) is 6.61 Å². The molecule has 4 nitrogen and oxygen atoms in total. The number of halogens is 1. The molecule has 0 bridgehead atoms. The zero-order chi connectivity index (χ0) is 13.7. The Balaban J connectivity index is 3.08. The van der Waals surface area contributed by atoms with Gasteiger partial charge < -0.3 is 9.47 Å². The van der Waals surface area contributed by atoms with Gasteiger partial charge in [-0.1, -0.05) is 11.6 Å². The van der Waals surface area contributed by atoms with Gasteiger partial charge in [-0.2, -0.15) is 0 Å². The Morgan fingerprint density at radius 2 is 2.00 bits per heavy atom. The van der Waals surface area contributed by atoms with E-state index < -0.39 is 11.8 Å². The molecular formula is C13H15ClO4. The van der Waals surface area contributed by atoms with E-state index in [4.69, 9.17) is 16.3 Å². The van der Waals surface area contributed by atoms with Gasteiger partial charge in [-0.05, 0) is 39.0 Å². The van der Waals surface area contributed by atoms with Gasteiger partial charge in [-0.3, -0.25) is 4.79 Å². The monoisotopic (exact) mass is 270 g/mol. The summed E-state index contributed by atoms with van der Waals surface area (Å²) >= 11 is 5.82. The molecule has 0 aromatic heterocycles. The predicted molar refractivity (Wildman–Crippen MR) is 68.2 cm³/mol. The first-order valence-electron chi connectivity index (χ1n) is 5.63. The molecule has 0 radical (unpaired) electrons. The second-order valence-corrected chi connectivity index (χ2v) is 4.29. The van der Waals surface area contributed by atoms with Crippen molar-refractivity contribution >= 4 is 23.4 Å². The standard InChI is InChI=1S/C13H15ClO4/c1-4-17-13(16)12(15)10-7-9(14)5-6-11(10)18-8(2)3/h5-8H,4H2,1-3H3. The van der Waals surface area contributed by atoms with Crippen LogP contribution < -0.4 is 4.74 Å². The Labute approximate surface area is 111 Å². The third kappa shape index (κ3) is 3.74. The summed E-state index contributed by atoms with van der Waals surface area (Å²) in [6, 6.07) is 4.56. The second kappa shape index (κ2) is 6.40. The van der Waals surface area contributed by atoms with Crippen LogP contribution in [-0.2, 0) is 9.53 Å². The first-order chi connectivity index (χ1) is 8.45. The molecule has 0 fully saturated rings. The molecule has 0 atom stereocenters. The van der Waals surface area contributed by atoms with Gasteiger partial charge >= 0.3 is 5.97 Å². The van der Waals surface area contributed by atoms with E-state index in [2.05, 4.69) is 4.74 Å². The van der Waals surface area contributed by atoms with E-state index in [0.29, 0.717) is 10.8 Å². The van der Waals surface area contributed by atoms with Crippen LogP contribution in [0.15, 0.2) is 18.2 Å². The number of carbonyl (C=O) groups excluding carboxylic acids is 2. The number of esters is 1. The van der Waals surface area contributed by atoms with Crippen LogP contribution in [0.1, 0.15) is 31.1 Å². The number of rotatable bonds is 5. The maximum Gasteiger partial charge on any atom is 0.379 e. The summed E-state index contributed by atoms with van der Waals surface area (Å²) in [5.41, 5.74) is 0.120. The van der Waals surface area contributed by atoms with E-state index in [1.807, 2.05) is 13.8 Å². The van der Waals surface area contributed by atoms with Gasteiger partial charge in [0.25, 0.3) is 5.78 Å². The smallest absolute Gasteiger partial charge is 0.379 e. The molecule has 0 heterocycles. The molecule has 0 amide bonds. The van der Waals surface area contributed by atoms with Crippen molar-refractivity contribution in [2.24, 2.45) is 0 Å². The quantitative estimate of drug-likeness (QED) is 0.469. The normalized spacial score (nSPS) is 10.3. The molecule has 1 aromatic carbocycles. The Hall–Kier alpha value is -1.55. The topological polar surface area (TPSA) is 52.6 Å². The van der Waals surface area contributed by atoms with E-state index in [9.17, 15) is 9.59 Å². The molecule has 0 N–H and O–H groups in total. The molecule has 98 valence electrons. The molecule has 5 heteroatoms. The SMILES string of the molecule is CCOC(=O)C(=O)c1cc(Cl)ccc1OC(C)C. The molecule has 0 saturated carbocycles. The van der Waals surface area contributed by atoms with Gasteiger partial charge in [0.1, 0.15) is 5.75 Å². The molecule has 0 aliphatic rings. The average Bonchev–Trinajstić information content (AvgIpc) is 2.30. The van der Waals surface area contributed by atoms with Crippen molar-refractivity contribution in [3.63, 3.8) is 0 Å². The van der Waals surface area contributed by atoms with Crippen molar-refractivity contribution in [3.8, 4) is 5.75 Å². The number of ketones is 1. The van der Waals surface area contributed by atoms with Crippen LogP contribution in [0.5, 0.6) is 5.75 Å². The molecule has 1 aromatic rings. The van der Waals surface area contributed by atoms with E-state index in [-0.39, 0.29) is 18.3 Å². The summed E-state index contributed by atoms with van der Waals surface area (Å²) in [5, 5.41) is 0.360. The van der Waals surface area contributed by atoms with Crippen LogP contribution in [0.3, 0.4) is 0 Å². The molecule has 0 unspecified atom stereocenters. The zero-order valence-electron chi connectivity index (χ0n) is 10.5. The maximum atomic E-state index is 11.9. The minimum Gasteiger partial charge on any atom is -0.490 e. The van der Waals surface area contributed by atoms with Crippen LogP contribution >= 0.6 is 11.6 Å². The van der Waals surface area contributed by atoms with Crippen molar-refractivity contribution in [1.82, 2.24) is 0 Å². The number of hydrogen-bond donors (Lipinski definition) is 0. The van der Waals surface area contributed by atoms with Gasteiger partial charge in [0.05, 0.1) is 18.3 Å². The predicted octanol–water partition coefficient (Wildman–Crippen LogP) is 2.87. The fourth-order valence-electron chi connectivity index (χ4n) is 1.34. The van der Waals surface area contributed by atoms with Crippen LogP contribution in [-0.4, -0.2) is 24.5 Å². The minimum atomic E-state index is -0.909. The lowest BCUT2D eigenvalue weighted by molar-refractivity contribution is -0.137. The van der Waals surface area contributed by atoms with Crippen LogP contribution in [0.4, 0.5) is 0 Å². The third-order valence-electron chi connectivity index (χ3n) is 2.01. The van der Waals surface area contributed by atoms with Crippen LogP contribution in [0, 0.1) is 0 Å². The number of ether oxygens (including phenoxy) is 2. The molecular weight excluding hydrogens is 256 g/mol. The third-order valence-corrected chi connectivity index (χ3v) is 2.24. The lowest BCUT2D eigenvalue weighted by atomic mass is 10.1. The van der Waals surface area contributed by atoms with Gasteiger partial charge in [0.2, 0.25) is 0 Å². The van der Waals surface area contributed by atoms with Crippen molar-refractivity contribution in [3.05, 3.63) is 28.8 Å². The van der Waals surface area contributed by atoms with Gasteiger partial charge in [-0.15, -0.1) is 0 Å². The van der Waals surface area contributed by atoms with Crippen molar-refractivity contribution < 1.29 is 19.1 Å². The van der Waals surface area contributed by atoms with Crippen molar-refractivity contribution in [1.29, 1.82) is 0 Å². The Morgan fingerprint density at radius 1 is 1.33 bits per heavy atom. The van der Waals surface area contributed by atoms with Gasteiger partial charge in [-0.25, -0.2) is 4.79 Å². The summed E-state index contributed by atoms with van der Waals surface area (Å²) in [6.45, 7) is 5.43. The minimum absolute atomic E-state index is 0.111. The highest BCUT2D eigenvalue weighted by Crippen LogP contribution is 2.24. The molecule has 0 saturated heterocycles. The number of Topliss-reactive ketones (excluding diaryl/α,β-unsaturated/α-hetero) is 1. The van der Waals surface area contributed by atoms with Crippen LogP contribution in [0.2, 0.25) is 5.02 Å². The summed E-state index contributed by atoms with van der Waals surface area (Å²) in [4.78, 5) is 23.3. The summed E-state index contributed by atoms with van der Waals surface area (Å²) in [5.74, 6) is -1.34. The highest BCUT2D eigenvalue weighted by atomic mass is 35.5. The second-order valence-electron chi connectivity index (χ2n) is 3.86. The lowest BCUT2D eigenvalue weighted by Gasteiger charge is -2.13.